The Morgan fingerprint density at radius 2 is 2.05 bits per heavy atom. The second-order valence-corrected chi connectivity index (χ2v) is 4.73. The summed E-state index contributed by atoms with van der Waals surface area (Å²) in [5.41, 5.74) is 6.50. The van der Waals surface area contributed by atoms with Crippen LogP contribution in [0, 0.1) is 6.92 Å². The summed E-state index contributed by atoms with van der Waals surface area (Å²) in [5.74, 6) is 5.59. The number of H-pyrrole nitrogens is 1. The van der Waals surface area contributed by atoms with Gasteiger partial charge in [-0.3, -0.25) is 16.0 Å². The molecule has 0 saturated heterocycles. The SMILES string of the molecule is Cc1cc(C(=O)Nc2nc3ccccc3[nH]2)ccc1NN. The number of hydrogen-bond acceptors (Lipinski definition) is 4. The fourth-order valence-corrected chi connectivity index (χ4v) is 2.16. The summed E-state index contributed by atoms with van der Waals surface area (Å²) in [7, 11) is 0. The maximum atomic E-state index is 12.2. The first kappa shape index (κ1) is 13.1. The molecule has 0 aliphatic heterocycles. The van der Waals surface area contributed by atoms with Crippen molar-refractivity contribution in [1.82, 2.24) is 9.97 Å². The Kier molecular flexibility index (Phi) is 3.29. The zero-order valence-corrected chi connectivity index (χ0v) is 11.5. The molecule has 2 aromatic carbocycles. The third-order valence-corrected chi connectivity index (χ3v) is 3.27. The van der Waals surface area contributed by atoms with Gasteiger partial charge in [0.05, 0.1) is 16.7 Å². The van der Waals surface area contributed by atoms with E-state index in [1.54, 1.807) is 18.2 Å². The van der Waals surface area contributed by atoms with Gasteiger partial charge < -0.3 is 10.4 Å². The summed E-state index contributed by atoms with van der Waals surface area (Å²) < 4.78 is 0. The van der Waals surface area contributed by atoms with Gasteiger partial charge >= 0.3 is 0 Å². The largest absolute Gasteiger partial charge is 0.324 e. The standard InChI is InChI=1S/C15H15N5O/c1-9-8-10(6-7-11(9)20-16)14(21)19-15-17-12-4-2-3-5-13(12)18-15/h2-8,20H,16H2,1H3,(H2,17,18,19,21). The number of imidazole rings is 1. The van der Waals surface area contributed by atoms with Crippen LogP contribution < -0.4 is 16.6 Å². The van der Waals surface area contributed by atoms with Gasteiger partial charge in [0.1, 0.15) is 0 Å². The lowest BCUT2D eigenvalue weighted by atomic mass is 10.1. The van der Waals surface area contributed by atoms with Gasteiger partial charge in [-0.05, 0) is 42.8 Å². The number of fused-ring (bicyclic) bond motifs is 1. The highest BCUT2D eigenvalue weighted by molar-refractivity contribution is 6.04. The molecule has 0 fully saturated rings. The molecule has 0 radical (unpaired) electrons. The number of hydrazine groups is 1. The minimum atomic E-state index is -0.222. The molecule has 0 bridgehead atoms. The third-order valence-electron chi connectivity index (χ3n) is 3.27. The van der Waals surface area contributed by atoms with Gasteiger partial charge in [-0.15, -0.1) is 0 Å². The first-order valence-corrected chi connectivity index (χ1v) is 6.51. The molecular weight excluding hydrogens is 266 g/mol. The summed E-state index contributed by atoms with van der Waals surface area (Å²) >= 11 is 0. The van der Waals surface area contributed by atoms with E-state index < -0.39 is 0 Å². The number of anilines is 2. The molecule has 21 heavy (non-hydrogen) atoms. The van der Waals surface area contributed by atoms with Crippen molar-refractivity contribution in [3.05, 3.63) is 53.6 Å². The highest BCUT2D eigenvalue weighted by Crippen LogP contribution is 2.17. The lowest BCUT2D eigenvalue weighted by Gasteiger charge is -2.07. The molecule has 0 atom stereocenters. The zero-order valence-electron chi connectivity index (χ0n) is 11.5. The number of nitrogens with one attached hydrogen (secondary N) is 3. The fraction of sp³-hybridized carbons (Fsp3) is 0.0667. The van der Waals surface area contributed by atoms with E-state index in [1.165, 1.54) is 0 Å². The van der Waals surface area contributed by atoms with Crippen molar-refractivity contribution in [3.8, 4) is 0 Å². The predicted molar refractivity (Wildman–Crippen MR) is 83.0 cm³/mol. The van der Waals surface area contributed by atoms with Crippen molar-refractivity contribution in [2.24, 2.45) is 5.84 Å². The van der Waals surface area contributed by atoms with Gasteiger partial charge in [0, 0.05) is 5.56 Å². The van der Waals surface area contributed by atoms with Gasteiger partial charge in [0.25, 0.3) is 5.91 Å². The average molecular weight is 281 g/mol. The van der Waals surface area contributed by atoms with E-state index in [4.69, 9.17) is 5.84 Å². The maximum Gasteiger partial charge on any atom is 0.257 e. The molecule has 3 rings (SSSR count). The quantitative estimate of drug-likeness (QED) is 0.438. The molecule has 6 heteroatoms. The van der Waals surface area contributed by atoms with Crippen LogP contribution in [0.3, 0.4) is 0 Å². The zero-order chi connectivity index (χ0) is 14.8. The van der Waals surface area contributed by atoms with Crippen LogP contribution in [0.4, 0.5) is 11.6 Å². The second-order valence-electron chi connectivity index (χ2n) is 4.73. The number of rotatable bonds is 3. The molecule has 1 aromatic heterocycles. The first-order valence-electron chi connectivity index (χ1n) is 6.51. The molecule has 1 heterocycles. The van der Waals surface area contributed by atoms with Crippen molar-refractivity contribution in [1.29, 1.82) is 0 Å². The van der Waals surface area contributed by atoms with Gasteiger partial charge in [0.15, 0.2) is 0 Å². The molecule has 0 aliphatic rings. The third kappa shape index (κ3) is 2.56. The molecule has 5 N–H and O–H groups in total. The van der Waals surface area contributed by atoms with E-state index in [-0.39, 0.29) is 5.91 Å². The summed E-state index contributed by atoms with van der Waals surface area (Å²) in [5, 5.41) is 2.76. The Bertz CT molecular complexity index is 776. The van der Waals surface area contributed by atoms with E-state index in [0.717, 1.165) is 22.3 Å². The molecule has 1 amide bonds. The van der Waals surface area contributed by atoms with E-state index in [9.17, 15) is 4.79 Å². The summed E-state index contributed by atoms with van der Waals surface area (Å²) in [4.78, 5) is 19.6. The Balaban J connectivity index is 1.84. The second kappa shape index (κ2) is 5.26. The van der Waals surface area contributed by atoms with Crippen LogP contribution >= 0.6 is 0 Å². The number of aromatic nitrogens is 2. The summed E-state index contributed by atoms with van der Waals surface area (Å²) in [6, 6.07) is 12.8. The van der Waals surface area contributed by atoms with E-state index in [0.29, 0.717) is 11.5 Å². The highest BCUT2D eigenvalue weighted by atomic mass is 16.1. The molecule has 6 nitrogen and oxygen atoms in total. The summed E-state index contributed by atoms with van der Waals surface area (Å²) in [6.07, 6.45) is 0. The van der Waals surface area contributed by atoms with Crippen molar-refractivity contribution >= 4 is 28.6 Å². The van der Waals surface area contributed by atoms with E-state index >= 15 is 0 Å². The molecule has 0 unspecified atom stereocenters. The van der Waals surface area contributed by atoms with Crippen LogP contribution in [0.2, 0.25) is 0 Å². The number of carbonyl (C=O) groups is 1. The Morgan fingerprint density at radius 1 is 1.24 bits per heavy atom. The molecule has 106 valence electrons. The normalized spacial score (nSPS) is 10.6. The predicted octanol–water partition coefficient (Wildman–Crippen LogP) is 2.41. The number of nitrogens with zero attached hydrogens (tertiary/aromatic N) is 1. The molecular formula is C15H15N5O. The molecule has 0 aliphatic carbocycles. The smallest absolute Gasteiger partial charge is 0.257 e. The Labute approximate surface area is 121 Å². The fourth-order valence-electron chi connectivity index (χ4n) is 2.16. The Morgan fingerprint density at radius 3 is 2.76 bits per heavy atom. The van der Waals surface area contributed by atoms with Crippen LogP contribution in [-0.4, -0.2) is 15.9 Å². The van der Waals surface area contributed by atoms with Crippen LogP contribution in [0.1, 0.15) is 15.9 Å². The highest BCUT2D eigenvalue weighted by Gasteiger charge is 2.10. The molecule has 0 spiro atoms. The number of nitrogens with two attached hydrogens (primary N) is 1. The lowest BCUT2D eigenvalue weighted by molar-refractivity contribution is 0.102. The van der Waals surface area contributed by atoms with Crippen molar-refractivity contribution in [2.45, 2.75) is 6.92 Å². The van der Waals surface area contributed by atoms with Crippen molar-refractivity contribution in [3.63, 3.8) is 0 Å². The van der Waals surface area contributed by atoms with E-state index in [2.05, 4.69) is 20.7 Å². The minimum absolute atomic E-state index is 0.222. The van der Waals surface area contributed by atoms with Gasteiger partial charge in [-0.2, -0.15) is 0 Å². The Hall–Kier alpha value is -2.86. The maximum absolute atomic E-state index is 12.2. The van der Waals surface area contributed by atoms with Gasteiger partial charge in [-0.25, -0.2) is 4.98 Å². The number of amides is 1. The molecule has 0 saturated carbocycles. The number of aryl methyl sites for hydroxylation is 1. The van der Waals surface area contributed by atoms with Crippen molar-refractivity contribution in [2.75, 3.05) is 10.7 Å². The lowest BCUT2D eigenvalue weighted by Crippen LogP contribution is -2.14. The average Bonchev–Trinajstić information content (AvgIpc) is 2.89. The van der Waals surface area contributed by atoms with Crippen LogP contribution in [0.5, 0.6) is 0 Å². The topological polar surface area (TPSA) is 95.8 Å². The minimum Gasteiger partial charge on any atom is -0.324 e. The number of carbonyl (C=O) groups excluding carboxylic acids is 1. The van der Waals surface area contributed by atoms with Crippen LogP contribution in [-0.2, 0) is 0 Å². The number of benzene rings is 2. The van der Waals surface area contributed by atoms with Gasteiger partial charge in [-0.1, -0.05) is 12.1 Å². The van der Waals surface area contributed by atoms with Crippen LogP contribution in [0.25, 0.3) is 11.0 Å². The number of para-hydroxylation sites is 2. The first-order chi connectivity index (χ1) is 10.2. The number of nitrogen functional groups attached to an aromatic ring is 1. The number of aromatic amines is 1. The van der Waals surface area contributed by atoms with Gasteiger partial charge in [0.2, 0.25) is 5.95 Å². The summed E-state index contributed by atoms with van der Waals surface area (Å²) in [6.45, 7) is 1.88. The molecule has 3 aromatic rings. The number of hydrogen-bond donors (Lipinski definition) is 4. The van der Waals surface area contributed by atoms with Crippen molar-refractivity contribution < 1.29 is 4.79 Å². The monoisotopic (exact) mass is 281 g/mol. The van der Waals surface area contributed by atoms with Crippen LogP contribution in [0.15, 0.2) is 42.5 Å². The van der Waals surface area contributed by atoms with E-state index in [1.807, 2.05) is 31.2 Å².